The van der Waals surface area contributed by atoms with E-state index in [1.54, 1.807) is 6.26 Å². The second kappa shape index (κ2) is 10.9. The van der Waals surface area contributed by atoms with E-state index in [2.05, 4.69) is 20.3 Å². The summed E-state index contributed by atoms with van der Waals surface area (Å²) in [5.41, 5.74) is -2.11. The molecule has 2 aromatic carbocycles. The quantitative estimate of drug-likeness (QED) is 0.137. The van der Waals surface area contributed by atoms with Crippen molar-refractivity contribution >= 4 is 34.2 Å². The summed E-state index contributed by atoms with van der Waals surface area (Å²) in [6, 6.07) is 8.18. The highest BCUT2D eigenvalue weighted by Crippen LogP contribution is 2.40. The molecule has 0 fully saturated rings. The average molecular weight is 571 g/mol. The van der Waals surface area contributed by atoms with Crippen LogP contribution in [-0.4, -0.2) is 45.1 Å². The van der Waals surface area contributed by atoms with Gasteiger partial charge in [0, 0.05) is 34.5 Å². The SMILES string of the molecule is COc1cc(Nc2nc(SC)nc3cc(-c4ncc([C@H](O)CO)cc4C(F)(F)F)ccc23)ccc1C(F)(F)F. The summed E-state index contributed by atoms with van der Waals surface area (Å²) in [6.45, 7) is -0.775. The molecule has 4 rings (SSSR count). The molecule has 0 aliphatic rings. The zero-order valence-electron chi connectivity index (χ0n) is 20.2. The first-order chi connectivity index (χ1) is 18.3. The number of aliphatic hydroxyl groups is 2. The van der Waals surface area contributed by atoms with Crippen LogP contribution in [0.25, 0.3) is 22.2 Å². The van der Waals surface area contributed by atoms with Gasteiger partial charge < -0.3 is 20.3 Å². The molecule has 0 saturated heterocycles. The smallest absolute Gasteiger partial charge is 0.419 e. The molecule has 3 N–H and O–H groups in total. The molecule has 0 aliphatic heterocycles. The molecule has 0 bridgehead atoms. The van der Waals surface area contributed by atoms with E-state index in [9.17, 15) is 31.4 Å². The van der Waals surface area contributed by atoms with Crippen molar-refractivity contribution in [2.24, 2.45) is 0 Å². The number of hydrogen-bond acceptors (Lipinski definition) is 8. The second-order valence-corrected chi connectivity index (χ2v) is 8.96. The van der Waals surface area contributed by atoms with Gasteiger partial charge >= 0.3 is 12.4 Å². The van der Waals surface area contributed by atoms with Crippen LogP contribution in [0.4, 0.5) is 37.8 Å². The summed E-state index contributed by atoms with van der Waals surface area (Å²) < 4.78 is 86.2. The van der Waals surface area contributed by atoms with E-state index in [1.807, 2.05) is 0 Å². The number of anilines is 2. The lowest BCUT2D eigenvalue weighted by molar-refractivity contribution is -0.139. The summed E-state index contributed by atoms with van der Waals surface area (Å²) in [4.78, 5) is 12.7. The molecule has 14 heteroatoms. The third-order valence-corrected chi connectivity index (χ3v) is 6.22. The predicted octanol–water partition coefficient (Wildman–Crippen LogP) is 6.23. The van der Waals surface area contributed by atoms with Crippen molar-refractivity contribution in [3.63, 3.8) is 0 Å². The first kappa shape index (κ1) is 28.4. The van der Waals surface area contributed by atoms with Crippen molar-refractivity contribution in [3.05, 3.63) is 65.4 Å². The zero-order chi connectivity index (χ0) is 28.5. The van der Waals surface area contributed by atoms with Crippen LogP contribution in [0, 0.1) is 0 Å². The van der Waals surface area contributed by atoms with Crippen molar-refractivity contribution in [2.75, 3.05) is 25.3 Å². The highest BCUT2D eigenvalue weighted by atomic mass is 32.2. The maximum Gasteiger partial charge on any atom is 0.419 e. The summed E-state index contributed by atoms with van der Waals surface area (Å²) in [6.07, 6.45) is -8.23. The van der Waals surface area contributed by atoms with Gasteiger partial charge in [-0.2, -0.15) is 26.3 Å². The monoisotopic (exact) mass is 570 g/mol. The normalized spacial score (nSPS) is 13.0. The number of thioether (sulfide) groups is 1. The number of benzene rings is 2. The molecule has 0 radical (unpaired) electrons. The topological polar surface area (TPSA) is 100 Å². The molecule has 39 heavy (non-hydrogen) atoms. The minimum atomic E-state index is -4.81. The Morgan fingerprint density at radius 2 is 1.69 bits per heavy atom. The Balaban J connectivity index is 1.81. The van der Waals surface area contributed by atoms with Gasteiger partial charge in [0.1, 0.15) is 17.7 Å². The maximum absolute atomic E-state index is 13.9. The third-order valence-electron chi connectivity index (χ3n) is 5.67. The van der Waals surface area contributed by atoms with Crippen LogP contribution in [0.3, 0.4) is 0 Å². The van der Waals surface area contributed by atoms with Gasteiger partial charge in [-0.1, -0.05) is 17.8 Å². The number of alkyl halides is 6. The Morgan fingerprint density at radius 1 is 0.974 bits per heavy atom. The molecule has 0 saturated carbocycles. The van der Waals surface area contributed by atoms with E-state index in [0.29, 0.717) is 5.39 Å². The van der Waals surface area contributed by atoms with Gasteiger partial charge in [0.25, 0.3) is 0 Å². The fourth-order valence-electron chi connectivity index (χ4n) is 3.80. The van der Waals surface area contributed by atoms with Gasteiger partial charge in [-0.05, 0) is 36.6 Å². The first-order valence-corrected chi connectivity index (χ1v) is 12.3. The van der Waals surface area contributed by atoms with E-state index in [0.717, 1.165) is 43.3 Å². The van der Waals surface area contributed by atoms with Crippen LogP contribution in [-0.2, 0) is 12.4 Å². The van der Waals surface area contributed by atoms with Gasteiger partial charge in [0.05, 0.1) is 36.1 Å². The number of fused-ring (bicyclic) bond motifs is 1. The van der Waals surface area contributed by atoms with Crippen LogP contribution >= 0.6 is 11.8 Å². The summed E-state index contributed by atoms with van der Waals surface area (Å²) >= 11 is 1.16. The lowest BCUT2D eigenvalue weighted by atomic mass is 10.0. The lowest BCUT2D eigenvalue weighted by Gasteiger charge is -2.17. The van der Waals surface area contributed by atoms with Gasteiger partial charge in [-0.25, -0.2) is 9.97 Å². The standard InChI is InChI=1S/C25H20F6N4O3S/c1-38-20-9-14(4-6-16(20)24(26,27)28)33-22-15-5-3-12(8-18(15)34-23(35-22)39-2)21-17(25(29,30)31)7-13(10-32-21)19(37)11-36/h3-10,19,36-37H,11H2,1-2H3,(H,33,34,35)/t19-/m1/s1. The van der Waals surface area contributed by atoms with Crippen LogP contribution in [0.5, 0.6) is 5.75 Å². The number of ether oxygens (including phenoxy) is 1. The minimum Gasteiger partial charge on any atom is -0.496 e. The first-order valence-electron chi connectivity index (χ1n) is 11.1. The highest BCUT2D eigenvalue weighted by molar-refractivity contribution is 7.98. The van der Waals surface area contributed by atoms with Crippen molar-refractivity contribution < 1.29 is 41.3 Å². The second-order valence-electron chi connectivity index (χ2n) is 8.19. The number of pyridine rings is 1. The van der Waals surface area contributed by atoms with Crippen LogP contribution in [0.15, 0.2) is 53.8 Å². The molecule has 0 amide bonds. The lowest BCUT2D eigenvalue weighted by Crippen LogP contribution is -2.12. The van der Waals surface area contributed by atoms with Crippen molar-refractivity contribution in [1.29, 1.82) is 0 Å². The molecule has 0 aliphatic carbocycles. The van der Waals surface area contributed by atoms with E-state index >= 15 is 0 Å². The molecule has 2 heterocycles. The van der Waals surface area contributed by atoms with Gasteiger partial charge in [-0.3, -0.25) is 4.98 Å². The Kier molecular flexibility index (Phi) is 7.91. The average Bonchev–Trinajstić information content (AvgIpc) is 2.90. The van der Waals surface area contributed by atoms with Crippen molar-refractivity contribution in [3.8, 4) is 17.0 Å². The summed E-state index contributed by atoms with van der Waals surface area (Å²) in [7, 11) is 1.11. The Hall–Kier alpha value is -3.62. The number of nitrogens with one attached hydrogen (secondary N) is 1. The van der Waals surface area contributed by atoms with Crippen LogP contribution < -0.4 is 10.1 Å². The molecule has 2 aromatic heterocycles. The highest BCUT2D eigenvalue weighted by Gasteiger charge is 2.36. The minimum absolute atomic E-state index is 0.0766. The van der Waals surface area contributed by atoms with Crippen LogP contribution in [0.1, 0.15) is 22.8 Å². The van der Waals surface area contributed by atoms with Crippen molar-refractivity contribution in [1.82, 2.24) is 15.0 Å². The van der Waals surface area contributed by atoms with E-state index < -0.39 is 47.6 Å². The fraction of sp³-hybridized carbons (Fsp3) is 0.240. The molecule has 4 aromatic rings. The number of hydrogen-bond donors (Lipinski definition) is 3. The molecule has 0 unspecified atom stereocenters. The largest absolute Gasteiger partial charge is 0.496 e. The fourth-order valence-corrected chi connectivity index (χ4v) is 4.17. The number of nitrogens with zero attached hydrogens (tertiary/aromatic N) is 3. The van der Waals surface area contributed by atoms with Gasteiger partial charge in [0.2, 0.25) is 0 Å². The van der Waals surface area contributed by atoms with Crippen LogP contribution in [0.2, 0.25) is 0 Å². The van der Waals surface area contributed by atoms with E-state index in [4.69, 9.17) is 9.84 Å². The number of halogens is 6. The summed E-state index contributed by atoms with van der Waals surface area (Å²) in [5, 5.41) is 22.5. The molecular formula is C25H20F6N4O3S. The van der Waals surface area contributed by atoms with E-state index in [-0.39, 0.29) is 33.3 Å². The van der Waals surface area contributed by atoms with Gasteiger partial charge in [0.15, 0.2) is 5.16 Å². The third kappa shape index (κ3) is 6.02. The Bertz CT molecular complexity index is 1510. The molecule has 1 atom stereocenters. The molecular weight excluding hydrogens is 550 g/mol. The number of aromatic nitrogens is 3. The van der Waals surface area contributed by atoms with Crippen molar-refractivity contribution in [2.45, 2.75) is 23.6 Å². The number of rotatable bonds is 7. The predicted molar refractivity (Wildman–Crippen MR) is 133 cm³/mol. The Labute approximate surface area is 221 Å². The number of aliphatic hydroxyl groups excluding tert-OH is 2. The maximum atomic E-state index is 13.9. The number of methoxy groups -OCH3 is 1. The molecule has 7 nitrogen and oxygen atoms in total. The van der Waals surface area contributed by atoms with E-state index in [1.165, 1.54) is 24.3 Å². The Morgan fingerprint density at radius 3 is 2.31 bits per heavy atom. The zero-order valence-corrected chi connectivity index (χ0v) is 21.0. The van der Waals surface area contributed by atoms with Gasteiger partial charge in [-0.15, -0.1) is 0 Å². The molecule has 206 valence electrons. The molecule has 0 spiro atoms. The summed E-state index contributed by atoms with van der Waals surface area (Å²) in [5.74, 6) is -0.193.